The summed E-state index contributed by atoms with van der Waals surface area (Å²) in [5, 5.41) is 14.7. The number of halogens is 6. The Balaban J connectivity index is 0.000000114. The van der Waals surface area contributed by atoms with Crippen molar-refractivity contribution in [3.8, 4) is 45.0 Å². The Morgan fingerprint density at radius 1 is 0.221 bits per heavy atom. The van der Waals surface area contributed by atoms with Crippen molar-refractivity contribution in [1.82, 2.24) is 18.3 Å². The maximum Gasteiger partial charge on any atom is 0.179 e. The second-order valence-corrected chi connectivity index (χ2v) is 40.8. The van der Waals surface area contributed by atoms with Crippen LogP contribution in [0, 0.1) is 18.6 Å². The fourth-order valence-corrected chi connectivity index (χ4v) is 23.3. The Morgan fingerprint density at radius 3 is 0.795 bits per heavy atom. The maximum atomic E-state index is 13.6. The third-order valence-electron chi connectivity index (χ3n) is 23.5. The van der Waals surface area contributed by atoms with Gasteiger partial charge >= 0.3 is 0 Å². The van der Waals surface area contributed by atoms with Crippen LogP contribution in [0.5, 0.6) is 0 Å². The molecule has 17 aromatic carbocycles. The van der Waals surface area contributed by atoms with Crippen LogP contribution in [0.15, 0.2) is 412 Å². The van der Waals surface area contributed by atoms with E-state index in [1.807, 2.05) is 28.8 Å². The number of benzene rings is 17. The lowest BCUT2D eigenvalue weighted by Gasteiger charge is -2.34. The average Bonchev–Trinajstić information content (AvgIpc) is 1.55. The van der Waals surface area contributed by atoms with Gasteiger partial charge in [0.25, 0.3) is 0 Å². The van der Waals surface area contributed by atoms with Gasteiger partial charge < -0.3 is 18.3 Å². The van der Waals surface area contributed by atoms with Crippen LogP contribution in [0.2, 0.25) is 0 Å². The van der Waals surface area contributed by atoms with Crippen LogP contribution in [0.25, 0.3) is 132 Å². The van der Waals surface area contributed by atoms with Crippen LogP contribution in [0.4, 0.5) is 8.78 Å². The van der Waals surface area contributed by atoms with Gasteiger partial charge in [-0.2, -0.15) is 0 Å². The molecule has 0 saturated carbocycles. The molecule has 0 unspecified atom stereocenters. The van der Waals surface area contributed by atoms with Crippen molar-refractivity contribution in [2.24, 2.45) is 0 Å². The summed E-state index contributed by atoms with van der Waals surface area (Å²) < 4.78 is 40.6. The highest BCUT2D eigenvalue weighted by atomic mass is 79.9. The lowest BCUT2D eigenvalue weighted by atomic mass is 9.85. The minimum Gasteiger partial charge on any atom is -0.309 e. The fourth-order valence-electron chi connectivity index (χ4n) is 17.5. The molecule has 0 bridgehead atoms. The van der Waals surface area contributed by atoms with Crippen LogP contribution in [-0.2, 0) is 10.8 Å². The van der Waals surface area contributed by atoms with E-state index >= 15 is 0 Å². The summed E-state index contributed by atoms with van der Waals surface area (Å²) in [4.78, 5) is 0. The van der Waals surface area contributed by atoms with E-state index in [1.54, 1.807) is 12.1 Å². The number of aryl methyl sites for hydroxylation is 1. The van der Waals surface area contributed by atoms with Gasteiger partial charge in [0.15, 0.2) is 8.07 Å². The van der Waals surface area contributed by atoms with E-state index in [4.69, 9.17) is 0 Å². The highest BCUT2D eigenvalue weighted by Gasteiger charge is 2.42. The first-order chi connectivity index (χ1) is 59.1. The van der Waals surface area contributed by atoms with E-state index < -0.39 is 8.07 Å². The third kappa shape index (κ3) is 15.8. The summed E-state index contributed by atoms with van der Waals surface area (Å²) in [7, 11) is -2.61. The zero-order valence-corrected chi connectivity index (χ0v) is 75.9. The van der Waals surface area contributed by atoms with Crippen molar-refractivity contribution >= 4 is 180 Å². The summed E-state index contributed by atoms with van der Waals surface area (Å²) in [6, 6.07) is 139. The first kappa shape index (κ1) is 81.0. The van der Waals surface area contributed by atoms with Crippen molar-refractivity contribution in [1.29, 1.82) is 0 Å². The molecule has 0 aliphatic carbocycles. The summed E-state index contributed by atoms with van der Waals surface area (Å²) in [6.45, 7) is 15.9. The summed E-state index contributed by atoms with van der Waals surface area (Å²) >= 11 is 14.2. The Hall–Kier alpha value is -12.1. The van der Waals surface area contributed by atoms with Crippen LogP contribution < -0.4 is 20.7 Å². The molecule has 11 heteroatoms. The third-order valence-corrected chi connectivity index (χ3v) is 30.4. The zero-order valence-electron chi connectivity index (χ0n) is 68.6. The van der Waals surface area contributed by atoms with E-state index in [-0.39, 0.29) is 22.5 Å². The van der Waals surface area contributed by atoms with Crippen LogP contribution in [0.3, 0.4) is 0 Å². The molecule has 4 heterocycles. The van der Waals surface area contributed by atoms with Gasteiger partial charge in [0.05, 0.1) is 44.1 Å². The molecule has 21 rings (SSSR count). The van der Waals surface area contributed by atoms with E-state index in [9.17, 15) is 8.78 Å². The molecule has 21 aromatic rings. The van der Waals surface area contributed by atoms with E-state index in [0.29, 0.717) is 10.8 Å². The lowest BCUT2D eigenvalue weighted by Crippen LogP contribution is -2.74. The number of hydrogen-bond acceptors (Lipinski definition) is 0. The first-order valence-electron chi connectivity index (χ1n) is 41.1. The van der Waals surface area contributed by atoms with Gasteiger partial charge in [-0.15, -0.1) is 0 Å². The van der Waals surface area contributed by atoms with Gasteiger partial charge in [-0.1, -0.05) is 305 Å². The molecule has 0 amide bonds. The molecule has 0 radical (unpaired) electrons. The Bertz CT molecular complexity index is 7100. The molecular formula is C111H86Br4F2N4Si. The van der Waals surface area contributed by atoms with Gasteiger partial charge in [-0.05, 0) is 272 Å². The summed E-state index contributed by atoms with van der Waals surface area (Å²) in [5.74, 6) is -0.654. The number of aromatic nitrogens is 4. The summed E-state index contributed by atoms with van der Waals surface area (Å²) in [5.41, 5.74) is 22.8. The molecule has 596 valence electrons. The monoisotopic (exact) mass is 1860 g/mol. The van der Waals surface area contributed by atoms with Gasteiger partial charge in [0, 0.05) is 83.7 Å². The van der Waals surface area contributed by atoms with Gasteiger partial charge in [0.2, 0.25) is 0 Å². The van der Waals surface area contributed by atoms with Crippen molar-refractivity contribution in [3.05, 3.63) is 441 Å². The Kier molecular flexibility index (Phi) is 22.4. The minimum atomic E-state index is -2.61. The first-order valence-corrected chi connectivity index (χ1v) is 46.2. The number of rotatable bonds is 10. The molecule has 0 fully saturated rings. The smallest absolute Gasteiger partial charge is 0.179 e. The van der Waals surface area contributed by atoms with E-state index in [0.717, 1.165) is 46.0 Å². The molecule has 0 N–H and O–H groups in total. The average molecular weight is 1860 g/mol. The highest BCUT2D eigenvalue weighted by Crippen LogP contribution is 2.42. The lowest BCUT2D eigenvalue weighted by molar-refractivity contribution is 0.590. The van der Waals surface area contributed by atoms with Crippen LogP contribution in [0.1, 0.15) is 58.2 Å². The van der Waals surface area contributed by atoms with Gasteiger partial charge in [0.1, 0.15) is 11.6 Å². The Morgan fingerprint density at radius 2 is 0.475 bits per heavy atom. The topological polar surface area (TPSA) is 19.7 Å². The second kappa shape index (κ2) is 33.7. The van der Waals surface area contributed by atoms with Gasteiger partial charge in [-0.25, -0.2) is 8.78 Å². The molecular weight excluding hydrogens is 1770 g/mol. The molecule has 4 nitrogen and oxygen atoms in total. The van der Waals surface area contributed by atoms with Crippen molar-refractivity contribution in [3.63, 3.8) is 0 Å². The van der Waals surface area contributed by atoms with Crippen molar-refractivity contribution in [2.75, 3.05) is 0 Å². The van der Waals surface area contributed by atoms with E-state index in [2.05, 4.69) is 460 Å². The zero-order chi connectivity index (χ0) is 84.1. The molecule has 0 atom stereocenters. The van der Waals surface area contributed by atoms with Crippen LogP contribution >= 0.6 is 63.7 Å². The van der Waals surface area contributed by atoms with Crippen LogP contribution in [-0.4, -0.2) is 26.3 Å². The molecule has 122 heavy (non-hydrogen) atoms. The molecule has 0 saturated heterocycles. The molecule has 4 aromatic heterocycles. The van der Waals surface area contributed by atoms with Crippen molar-refractivity contribution in [2.45, 2.75) is 59.3 Å². The second-order valence-electron chi connectivity index (χ2n) is 33.3. The number of nitrogens with zero attached hydrogens (tertiary/aromatic N) is 4. The number of fused-ring (bicyclic) bond motifs is 12. The predicted molar refractivity (Wildman–Crippen MR) is 530 cm³/mol. The fraction of sp³-hybridized carbons (Fsp3) is 0.0811. The van der Waals surface area contributed by atoms with E-state index in [1.165, 1.54) is 155 Å². The quantitative estimate of drug-likeness (QED) is 0.0961. The van der Waals surface area contributed by atoms with Crippen molar-refractivity contribution < 1.29 is 8.78 Å². The van der Waals surface area contributed by atoms with Gasteiger partial charge in [-0.3, -0.25) is 0 Å². The molecule has 0 aliphatic heterocycles. The molecule has 0 spiro atoms. The maximum absolute atomic E-state index is 13.6. The minimum absolute atomic E-state index is 0.127. The molecule has 0 aliphatic rings. The SMILES string of the molecule is Brc1ccc(-n2c3ccc(-c4ccccc4)cc3c3cc(-c4ccccc4)ccc32)cc1.CC(C)(C)c1ccc2c(c1)c1cc(C(C)(C)C)ccc1n2-c1ccc(Br)cc1.Cc1ccc2c(c1)c1cc([Si](c3ccccc3)(c3ccccc3)c3ccccc3)ccc1n2-c1ccc(Br)cc1.Fc1ccc2c(c1)c1cc(F)ccc1n2-c1ccc(Br)cc1. The number of hydrogen-bond donors (Lipinski definition) is 0. The largest absolute Gasteiger partial charge is 0.309 e. The highest BCUT2D eigenvalue weighted by molar-refractivity contribution is 9.11. The normalized spacial score (nSPS) is 11.8. The predicted octanol–water partition coefficient (Wildman–Crippen LogP) is 30.1. The Labute approximate surface area is 745 Å². The standard InChI is InChI=1S/C37H28BrNSi.C30H20BrN.C26H28BrN.C18H10BrF2N/c1-27-17-23-36-34(25-27)35-26-33(22-24-37(35)39(36)29-20-18-28(38)19-21-29)40(30-11-5-2-6-12-30,31-13-7-3-8-14-31)32-15-9-4-10-16-32;31-25-13-15-26(16-14-25)32-29-17-11-23(21-7-3-1-4-8-21)19-27(29)28-20-24(12-18-30(28)32)22-9-5-2-6-10-22;1-25(2,3)17-7-13-23-21(15-17)22-16-18(26(4,5)6)8-14-24(22)28(23)20-11-9-19(27)10-12-20;19-11-1-5-14(6-2-11)22-17-7-3-12(20)9-15(17)16-10-13(21)4-8-18(16)22/h2-26H,1H3;1-20H;7-16H,1-6H3;1-10H. The summed E-state index contributed by atoms with van der Waals surface area (Å²) in [6.07, 6.45) is 0.